The molecule has 7 atom stereocenters. The molecule has 10 nitrogen and oxygen atoms in total. The van der Waals surface area contributed by atoms with Crippen molar-refractivity contribution in [2.24, 2.45) is 23.7 Å². The van der Waals surface area contributed by atoms with Crippen molar-refractivity contribution in [3.8, 4) is 5.75 Å². The molecule has 1 aliphatic rings. The molecule has 2 heterocycles. The van der Waals surface area contributed by atoms with Crippen molar-refractivity contribution in [1.82, 2.24) is 20.1 Å². The third-order valence-electron chi connectivity index (χ3n) is 10.5. The van der Waals surface area contributed by atoms with Crippen molar-refractivity contribution < 1.29 is 29.0 Å². The van der Waals surface area contributed by atoms with Crippen LogP contribution in [0, 0.1) is 23.7 Å². The lowest BCUT2D eigenvalue weighted by atomic mass is 9.82. The normalized spacial score (nSPS) is 18.5. The molecule has 0 bridgehead atoms. The summed E-state index contributed by atoms with van der Waals surface area (Å²) in [5.74, 6) is -0.727. The highest BCUT2D eigenvalue weighted by Gasteiger charge is 2.38. The number of ether oxygens (including phenoxy) is 1. The van der Waals surface area contributed by atoms with Gasteiger partial charge in [0, 0.05) is 41.6 Å². The standard InChI is InChI=1S/C41H62N4O6S/c1-9-19-51-26-45(41(50)34(29(6)10-2)23-38(48)36-13-11-12-18-44(36)8)37(27(3)4)21-30(7)40-43-35(25-52-40)39(49)42-32(20-28(5)24-46)22-31-14-16-33(47)17-15-31/h9,14-17,24-25,27-30,32,34,36-37,47H,1,10-13,18-23,26H2,2-8H3,(H,42,49)/t28-,29?,30+,32+,34-,36+,37+/m0/s1. The van der Waals surface area contributed by atoms with Gasteiger partial charge in [0.25, 0.3) is 5.91 Å². The molecule has 1 aromatic carbocycles. The number of likely N-dealkylation sites (N-methyl/N-ethyl adjacent to an activating group) is 1. The molecular formula is C41H62N4O6S. The fraction of sp³-hybridized carbons (Fsp3) is 0.634. The Morgan fingerprint density at radius 2 is 1.85 bits per heavy atom. The number of ketones is 1. The van der Waals surface area contributed by atoms with E-state index in [1.165, 1.54) is 11.3 Å². The zero-order valence-corrected chi connectivity index (χ0v) is 33.2. The van der Waals surface area contributed by atoms with Gasteiger partial charge in [-0.25, -0.2) is 4.98 Å². The Balaban J connectivity index is 1.80. The number of phenols is 1. The average Bonchev–Trinajstić information content (AvgIpc) is 3.63. The van der Waals surface area contributed by atoms with Crippen LogP contribution in [-0.4, -0.2) is 88.8 Å². The maximum absolute atomic E-state index is 14.6. The Hall–Kier alpha value is -3.41. The summed E-state index contributed by atoms with van der Waals surface area (Å²) in [5.41, 5.74) is 1.25. The number of benzene rings is 1. The number of Topliss-reactive ketones (excluding diaryl/α,β-unsaturated/α-hetero) is 1. The molecule has 288 valence electrons. The number of piperidine rings is 1. The van der Waals surface area contributed by atoms with Crippen LogP contribution in [0.4, 0.5) is 0 Å². The van der Waals surface area contributed by atoms with E-state index in [1.54, 1.807) is 23.6 Å². The second kappa shape index (κ2) is 21.3. The lowest BCUT2D eigenvalue weighted by molar-refractivity contribution is -0.150. The number of nitrogens with zero attached hydrogens (tertiary/aromatic N) is 3. The third-order valence-corrected chi connectivity index (χ3v) is 11.6. The topological polar surface area (TPSA) is 129 Å². The average molecular weight is 739 g/mol. The number of amides is 2. The van der Waals surface area contributed by atoms with E-state index in [-0.39, 0.29) is 78.3 Å². The van der Waals surface area contributed by atoms with Gasteiger partial charge >= 0.3 is 0 Å². The Morgan fingerprint density at radius 3 is 2.46 bits per heavy atom. The Bertz CT molecular complexity index is 1440. The summed E-state index contributed by atoms with van der Waals surface area (Å²) >= 11 is 1.42. The first-order valence-corrected chi connectivity index (χ1v) is 19.9. The predicted octanol–water partition coefficient (Wildman–Crippen LogP) is 7.03. The molecule has 2 N–H and O–H groups in total. The van der Waals surface area contributed by atoms with Gasteiger partial charge in [-0.3, -0.25) is 19.3 Å². The molecule has 1 unspecified atom stereocenters. The number of aldehydes is 1. The van der Waals surface area contributed by atoms with Crippen molar-refractivity contribution in [3.63, 3.8) is 0 Å². The lowest BCUT2D eigenvalue weighted by Gasteiger charge is -2.39. The van der Waals surface area contributed by atoms with Crippen LogP contribution in [0.25, 0.3) is 0 Å². The Morgan fingerprint density at radius 1 is 1.13 bits per heavy atom. The van der Waals surface area contributed by atoms with E-state index in [0.29, 0.717) is 31.6 Å². The summed E-state index contributed by atoms with van der Waals surface area (Å²) < 4.78 is 5.94. The molecule has 0 saturated carbocycles. The summed E-state index contributed by atoms with van der Waals surface area (Å²) in [7, 11) is 2.01. The third kappa shape index (κ3) is 12.6. The van der Waals surface area contributed by atoms with Crippen molar-refractivity contribution in [3.05, 3.63) is 58.6 Å². The predicted molar refractivity (Wildman–Crippen MR) is 207 cm³/mol. The molecule has 1 aromatic heterocycles. The largest absolute Gasteiger partial charge is 0.508 e. The summed E-state index contributed by atoms with van der Waals surface area (Å²) in [4.78, 5) is 61.9. The monoisotopic (exact) mass is 738 g/mol. The first kappa shape index (κ1) is 43.0. The number of thiazole rings is 1. The van der Waals surface area contributed by atoms with Gasteiger partial charge in [0.05, 0.1) is 17.7 Å². The second-order valence-electron chi connectivity index (χ2n) is 15.2. The first-order chi connectivity index (χ1) is 24.8. The number of phenolic OH excluding ortho intramolecular Hbond substituents is 1. The van der Waals surface area contributed by atoms with Gasteiger partial charge in [0.2, 0.25) is 5.91 Å². The minimum atomic E-state index is -0.455. The molecule has 1 fully saturated rings. The number of aromatic nitrogens is 1. The van der Waals surface area contributed by atoms with Crippen LogP contribution < -0.4 is 5.32 Å². The van der Waals surface area contributed by atoms with Crippen molar-refractivity contribution in [2.75, 3.05) is 26.9 Å². The zero-order valence-electron chi connectivity index (χ0n) is 32.4. The van der Waals surface area contributed by atoms with Crippen molar-refractivity contribution >= 4 is 35.2 Å². The highest BCUT2D eigenvalue weighted by Crippen LogP contribution is 2.32. The molecule has 52 heavy (non-hydrogen) atoms. The minimum absolute atomic E-state index is 0.0184. The molecule has 3 rings (SSSR count). The van der Waals surface area contributed by atoms with E-state index in [4.69, 9.17) is 9.72 Å². The minimum Gasteiger partial charge on any atom is -0.508 e. The molecule has 0 aliphatic carbocycles. The second-order valence-corrected chi connectivity index (χ2v) is 16.1. The van der Waals surface area contributed by atoms with E-state index in [1.807, 2.05) is 31.0 Å². The fourth-order valence-corrected chi connectivity index (χ4v) is 8.01. The van der Waals surface area contributed by atoms with Crippen LogP contribution in [0.2, 0.25) is 0 Å². The van der Waals surface area contributed by atoms with Gasteiger partial charge in [-0.2, -0.15) is 0 Å². The van der Waals surface area contributed by atoms with E-state index < -0.39 is 5.92 Å². The van der Waals surface area contributed by atoms with Gasteiger partial charge in [-0.05, 0) is 75.2 Å². The van der Waals surface area contributed by atoms with Crippen molar-refractivity contribution in [1.29, 1.82) is 0 Å². The Labute approximate surface area is 315 Å². The van der Waals surface area contributed by atoms with Gasteiger partial charge in [-0.1, -0.05) is 72.6 Å². The molecule has 0 spiro atoms. The number of hydrogen-bond donors (Lipinski definition) is 2. The van der Waals surface area contributed by atoms with E-state index >= 15 is 0 Å². The number of hydrogen-bond acceptors (Lipinski definition) is 9. The quantitative estimate of drug-likeness (QED) is 0.0571. The molecule has 1 aliphatic heterocycles. The van der Waals surface area contributed by atoms with Gasteiger partial charge < -0.3 is 24.9 Å². The highest BCUT2D eigenvalue weighted by atomic mass is 32.1. The molecule has 2 aromatic rings. The molecule has 2 amide bonds. The van der Waals surface area contributed by atoms with Gasteiger partial charge in [0.15, 0.2) is 5.78 Å². The summed E-state index contributed by atoms with van der Waals surface area (Å²) in [6, 6.07) is 6.18. The number of nitrogens with one attached hydrogen (secondary N) is 1. The fourth-order valence-electron chi connectivity index (χ4n) is 7.14. The molecule has 11 heteroatoms. The number of carbonyl (C=O) groups is 4. The van der Waals surface area contributed by atoms with E-state index in [0.717, 1.165) is 49.1 Å². The lowest BCUT2D eigenvalue weighted by Crippen LogP contribution is -2.50. The van der Waals surface area contributed by atoms with Crippen LogP contribution in [-0.2, 0) is 25.5 Å². The van der Waals surface area contributed by atoms with Crippen LogP contribution in [0.1, 0.15) is 113 Å². The maximum atomic E-state index is 14.6. The Kier molecular flexibility index (Phi) is 17.6. The first-order valence-electron chi connectivity index (χ1n) is 19.0. The van der Waals surface area contributed by atoms with Crippen LogP contribution in [0.5, 0.6) is 5.75 Å². The van der Waals surface area contributed by atoms with Crippen LogP contribution in [0.3, 0.4) is 0 Å². The van der Waals surface area contributed by atoms with Gasteiger partial charge in [-0.15, -0.1) is 17.9 Å². The van der Waals surface area contributed by atoms with Crippen molar-refractivity contribution in [2.45, 2.75) is 117 Å². The molecular weight excluding hydrogens is 677 g/mol. The van der Waals surface area contributed by atoms with Crippen LogP contribution >= 0.6 is 11.3 Å². The number of aromatic hydroxyl groups is 1. The van der Waals surface area contributed by atoms with Crippen LogP contribution in [0.15, 0.2) is 42.3 Å². The number of likely N-dealkylation sites (tertiary alicyclic amines) is 1. The number of rotatable bonds is 22. The molecule has 0 radical (unpaired) electrons. The smallest absolute Gasteiger partial charge is 0.270 e. The summed E-state index contributed by atoms with van der Waals surface area (Å²) in [6.07, 6.45) is 8.07. The van der Waals surface area contributed by atoms with Gasteiger partial charge in [0.1, 0.15) is 24.5 Å². The van der Waals surface area contributed by atoms with E-state index in [2.05, 4.69) is 51.4 Å². The SMILES string of the molecule is C=CCOCN(C(=O)[C@@H](CC(=O)[C@H]1CCCCN1C)C(C)CC)[C@H](C[C@@H](C)c1nc(C(=O)N[C@@H](Cc2ccc(O)cc2)C[C@H](C)C=O)cs1)C(C)C. The summed E-state index contributed by atoms with van der Waals surface area (Å²) in [5, 5.41) is 15.3. The molecule has 1 saturated heterocycles. The maximum Gasteiger partial charge on any atom is 0.270 e. The van der Waals surface area contributed by atoms with E-state index in [9.17, 15) is 24.3 Å². The summed E-state index contributed by atoms with van der Waals surface area (Å²) in [6.45, 7) is 17.3. The highest BCUT2D eigenvalue weighted by molar-refractivity contribution is 7.09. The number of carbonyl (C=O) groups excluding carboxylic acids is 4. The zero-order chi connectivity index (χ0) is 38.4.